The molecule has 4 nitrogen and oxygen atoms in total. The molecule has 0 amide bonds. The lowest BCUT2D eigenvalue weighted by molar-refractivity contribution is 0.660. The van der Waals surface area contributed by atoms with Crippen molar-refractivity contribution in [3.63, 3.8) is 0 Å². The Morgan fingerprint density at radius 3 is 2.76 bits per heavy atom. The van der Waals surface area contributed by atoms with E-state index in [-0.39, 0.29) is 6.04 Å². The molecule has 17 heavy (non-hydrogen) atoms. The van der Waals surface area contributed by atoms with E-state index in [0.29, 0.717) is 0 Å². The van der Waals surface area contributed by atoms with E-state index in [1.165, 1.54) is 4.88 Å². The average molecular weight is 250 g/mol. The van der Waals surface area contributed by atoms with Crippen molar-refractivity contribution in [2.75, 3.05) is 5.32 Å². The number of nitrogens with zero attached hydrogens (tertiary/aromatic N) is 3. The molecular formula is C12H18N4S. The predicted octanol–water partition coefficient (Wildman–Crippen LogP) is 3.15. The smallest absolute Gasteiger partial charge is 0.0900 e. The molecule has 0 spiro atoms. The minimum atomic E-state index is 0.274. The van der Waals surface area contributed by atoms with Crippen molar-refractivity contribution in [2.24, 2.45) is 0 Å². The first-order chi connectivity index (χ1) is 8.10. The van der Waals surface area contributed by atoms with Gasteiger partial charge in [-0.05, 0) is 27.7 Å². The molecule has 0 aliphatic heterocycles. The Kier molecular flexibility index (Phi) is 3.47. The molecule has 0 aliphatic carbocycles. The molecule has 2 rings (SSSR count). The third-order valence-corrected chi connectivity index (χ3v) is 3.93. The van der Waals surface area contributed by atoms with Gasteiger partial charge in [-0.15, -0.1) is 11.3 Å². The lowest BCUT2D eigenvalue weighted by Crippen LogP contribution is -2.05. The van der Waals surface area contributed by atoms with Gasteiger partial charge < -0.3 is 5.32 Å². The van der Waals surface area contributed by atoms with Crippen molar-refractivity contribution in [3.8, 4) is 0 Å². The zero-order valence-corrected chi connectivity index (χ0v) is 11.5. The molecule has 2 heterocycles. The van der Waals surface area contributed by atoms with E-state index in [1.807, 2.05) is 24.0 Å². The van der Waals surface area contributed by atoms with Crippen molar-refractivity contribution in [3.05, 3.63) is 28.0 Å². The van der Waals surface area contributed by atoms with Gasteiger partial charge in [-0.2, -0.15) is 5.10 Å². The lowest BCUT2D eigenvalue weighted by atomic mass is 10.2. The Balaban J connectivity index is 2.11. The first kappa shape index (κ1) is 12.1. The summed E-state index contributed by atoms with van der Waals surface area (Å²) in [5.41, 5.74) is 2.18. The second kappa shape index (κ2) is 4.87. The van der Waals surface area contributed by atoms with Crippen LogP contribution in [0.25, 0.3) is 0 Å². The Hall–Kier alpha value is -1.36. The summed E-state index contributed by atoms with van der Waals surface area (Å²) in [5, 5.41) is 8.83. The van der Waals surface area contributed by atoms with Crippen LogP contribution in [0, 0.1) is 13.8 Å². The second-order valence-electron chi connectivity index (χ2n) is 4.13. The summed E-state index contributed by atoms with van der Waals surface area (Å²) in [5.74, 6) is 0. The monoisotopic (exact) mass is 250 g/mol. The SMILES string of the molecule is CCn1cc(NC(C)c2sc(C)nc2C)cn1. The Morgan fingerprint density at radius 2 is 2.24 bits per heavy atom. The topological polar surface area (TPSA) is 42.7 Å². The number of thiazole rings is 1. The molecule has 0 aliphatic rings. The van der Waals surface area contributed by atoms with Gasteiger partial charge in [-0.3, -0.25) is 4.68 Å². The number of hydrogen-bond donors (Lipinski definition) is 1. The molecule has 0 radical (unpaired) electrons. The summed E-state index contributed by atoms with van der Waals surface area (Å²) >= 11 is 1.75. The molecule has 92 valence electrons. The van der Waals surface area contributed by atoms with Crippen LogP contribution in [0.4, 0.5) is 5.69 Å². The van der Waals surface area contributed by atoms with E-state index in [1.54, 1.807) is 11.3 Å². The molecule has 5 heteroatoms. The number of anilines is 1. The highest BCUT2D eigenvalue weighted by Crippen LogP contribution is 2.27. The molecule has 1 unspecified atom stereocenters. The minimum Gasteiger partial charge on any atom is -0.375 e. The van der Waals surface area contributed by atoms with Gasteiger partial charge in [0, 0.05) is 17.6 Å². The van der Waals surface area contributed by atoms with Crippen molar-refractivity contribution < 1.29 is 0 Å². The van der Waals surface area contributed by atoms with Crippen LogP contribution in [0.2, 0.25) is 0 Å². The van der Waals surface area contributed by atoms with Crippen LogP contribution in [0.15, 0.2) is 12.4 Å². The van der Waals surface area contributed by atoms with Crippen LogP contribution in [0.5, 0.6) is 0 Å². The van der Waals surface area contributed by atoms with Crippen LogP contribution >= 0.6 is 11.3 Å². The van der Waals surface area contributed by atoms with E-state index in [2.05, 4.69) is 36.2 Å². The van der Waals surface area contributed by atoms with E-state index in [0.717, 1.165) is 22.9 Å². The Bertz CT molecular complexity index is 500. The standard InChI is InChI=1S/C12H18N4S/c1-5-16-7-11(6-13-16)15-9(3)12-8(2)14-10(4)17-12/h6-7,9,15H,5H2,1-4H3. The van der Waals surface area contributed by atoms with Crippen molar-refractivity contribution in [1.29, 1.82) is 0 Å². The van der Waals surface area contributed by atoms with E-state index < -0.39 is 0 Å². The van der Waals surface area contributed by atoms with E-state index in [9.17, 15) is 0 Å². The molecule has 2 aromatic heterocycles. The summed E-state index contributed by atoms with van der Waals surface area (Å²) in [6.45, 7) is 9.24. The van der Waals surface area contributed by atoms with Crippen molar-refractivity contribution in [1.82, 2.24) is 14.8 Å². The molecule has 0 fully saturated rings. The maximum Gasteiger partial charge on any atom is 0.0900 e. The van der Waals surface area contributed by atoms with Crippen LogP contribution in [-0.4, -0.2) is 14.8 Å². The van der Waals surface area contributed by atoms with Crippen LogP contribution in [0.3, 0.4) is 0 Å². The normalized spacial score (nSPS) is 12.7. The van der Waals surface area contributed by atoms with Crippen LogP contribution in [0.1, 0.15) is 35.5 Å². The third kappa shape index (κ3) is 2.66. The number of aryl methyl sites for hydroxylation is 3. The molecule has 1 atom stereocenters. The highest BCUT2D eigenvalue weighted by molar-refractivity contribution is 7.11. The summed E-state index contributed by atoms with van der Waals surface area (Å²) in [7, 11) is 0. The van der Waals surface area contributed by atoms with E-state index in [4.69, 9.17) is 0 Å². The fraction of sp³-hybridized carbons (Fsp3) is 0.500. The third-order valence-electron chi connectivity index (χ3n) is 2.67. The fourth-order valence-electron chi connectivity index (χ4n) is 1.88. The molecular weight excluding hydrogens is 232 g/mol. The van der Waals surface area contributed by atoms with Gasteiger partial charge in [0.1, 0.15) is 0 Å². The number of aromatic nitrogens is 3. The van der Waals surface area contributed by atoms with Gasteiger partial charge in [-0.1, -0.05) is 0 Å². The average Bonchev–Trinajstić information content (AvgIpc) is 2.85. The van der Waals surface area contributed by atoms with Gasteiger partial charge in [0.25, 0.3) is 0 Å². The number of rotatable bonds is 4. The summed E-state index contributed by atoms with van der Waals surface area (Å²) < 4.78 is 1.92. The van der Waals surface area contributed by atoms with Crippen molar-refractivity contribution in [2.45, 2.75) is 40.3 Å². The first-order valence-corrected chi connectivity index (χ1v) is 6.64. The maximum atomic E-state index is 4.45. The number of hydrogen-bond acceptors (Lipinski definition) is 4. The maximum absolute atomic E-state index is 4.45. The van der Waals surface area contributed by atoms with Gasteiger partial charge in [-0.25, -0.2) is 4.98 Å². The molecule has 0 saturated carbocycles. The summed E-state index contributed by atoms with van der Waals surface area (Å²) in [6.07, 6.45) is 3.89. The highest BCUT2D eigenvalue weighted by Gasteiger charge is 2.13. The van der Waals surface area contributed by atoms with Gasteiger partial charge in [0.05, 0.1) is 28.6 Å². The largest absolute Gasteiger partial charge is 0.375 e. The summed E-state index contributed by atoms with van der Waals surface area (Å²) in [4.78, 5) is 5.75. The molecule has 0 bridgehead atoms. The van der Waals surface area contributed by atoms with Gasteiger partial charge in [0.2, 0.25) is 0 Å². The fourth-order valence-corrected chi connectivity index (χ4v) is 2.81. The zero-order chi connectivity index (χ0) is 12.4. The zero-order valence-electron chi connectivity index (χ0n) is 10.7. The Labute approximate surface area is 106 Å². The molecule has 0 aromatic carbocycles. The second-order valence-corrected chi connectivity index (χ2v) is 5.37. The molecule has 1 N–H and O–H groups in total. The van der Waals surface area contributed by atoms with Gasteiger partial charge in [0.15, 0.2) is 0 Å². The van der Waals surface area contributed by atoms with Gasteiger partial charge >= 0.3 is 0 Å². The quantitative estimate of drug-likeness (QED) is 0.906. The molecule has 0 saturated heterocycles. The number of nitrogens with one attached hydrogen (secondary N) is 1. The highest BCUT2D eigenvalue weighted by atomic mass is 32.1. The van der Waals surface area contributed by atoms with Crippen LogP contribution < -0.4 is 5.32 Å². The first-order valence-electron chi connectivity index (χ1n) is 5.83. The van der Waals surface area contributed by atoms with Crippen molar-refractivity contribution >= 4 is 17.0 Å². The molecule has 2 aromatic rings. The van der Waals surface area contributed by atoms with E-state index >= 15 is 0 Å². The van der Waals surface area contributed by atoms with Crippen LogP contribution in [-0.2, 0) is 6.54 Å². The summed E-state index contributed by atoms with van der Waals surface area (Å²) in [6, 6.07) is 0.274. The minimum absolute atomic E-state index is 0.274. The Morgan fingerprint density at radius 1 is 1.47 bits per heavy atom. The lowest BCUT2D eigenvalue weighted by Gasteiger charge is -2.12. The predicted molar refractivity (Wildman–Crippen MR) is 71.5 cm³/mol.